The van der Waals surface area contributed by atoms with Gasteiger partial charge in [-0.25, -0.2) is 13.2 Å². The third-order valence-electron chi connectivity index (χ3n) is 7.33. The molecule has 0 spiro atoms. The molecule has 0 unspecified atom stereocenters. The number of halogens is 3. The zero-order valence-corrected chi connectivity index (χ0v) is 20.3. The number of piperidine rings is 1. The van der Waals surface area contributed by atoms with Gasteiger partial charge in [-0.15, -0.1) is 0 Å². The van der Waals surface area contributed by atoms with Gasteiger partial charge in [0, 0.05) is 47.4 Å². The molecule has 2 aliphatic rings. The Bertz CT molecular complexity index is 1500. The van der Waals surface area contributed by atoms with Crippen LogP contribution in [0.4, 0.5) is 13.2 Å². The molecule has 2 bridgehead atoms. The number of hydrogen-bond donors (Lipinski definition) is 0. The highest BCUT2D eigenvalue weighted by Gasteiger charge is 2.43. The number of carbonyl (C=O) groups is 1. The Morgan fingerprint density at radius 2 is 1.92 bits per heavy atom. The van der Waals surface area contributed by atoms with E-state index < -0.39 is 18.3 Å². The molecule has 9 heteroatoms. The molecule has 1 fully saturated rings. The van der Waals surface area contributed by atoms with Crippen LogP contribution in [0.5, 0.6) is 5.75 Å². The van der Waals surface area contributed by atoms with Crippen molar-refractivity contribution in [1.82, 2.24) is 19.7 Å². The van der Waals surface area contributed by atoms with Crippen LogP contribution in [0.3, 0.4) is 0 Å². The zero-order valence-electron chi connectivity index (χ0n) is 20.3. The quantitative estimate of drug-likeness (QED) is 0.356. The summed E-state index contributed by atoms with van der Waals surface area (Å²) in [5.74, 6) is -0.918. The fourth-order valence-electron chi connectivity index (χ4n) is 5.88. The van der Waals surface area contributed by atoms with E-state index in [1.807, 2.05) is 4.90 Å². The third-order valence-corrected chi connectivity index (χ3v) is 7.33. The Kier molecular flexibility index (Phi) is 5.85. The van der Waals surface area contributed by atoms with E-state index in [-0.39, 0.29) is 24.6 Å². The van der Waals surface area contributed by atoms with Crippen molar-refractivity contribution < 1.29 is 22.7 Å². The number of rotatable bonds is 5. The molecule has 6 nitrogen and oxygen atoms in total. The summed E-state index contributed by atoms with van der Waals surface area (Å²) in [6.45, 7) is -0.691. The van der Waals surface area contributed by atoms with E-state index in [4.69, 9.17) is 9.84 Å². The Morgan fingerprint density at radius 3 is 2.70 bits per heavy atom. The van der Waals surface area contributed by atoms with Crippen LogP contribution in [0.15, 0.2) is 48.7 Å². The highest BCUT2D eigenvalue weighted by Crippen LogP contribution is 2.45. The summed E-state index contributed by atoms with van der Waals surface area (Å²) in [6, 6.07) is 10.1. The van der Waals surface area contributed by atoms with Crippen LogP contribution in [0, 0.1) is 11.6 Å². The molecule has 1 amide bonds. The summed E-state index contributed by atoms with van der Waals surface area (Å²) in [7, 11) is 1.77. The predicted molar refractivity (Wildman–Crippen MR) is 132 cm³/mol. The molecule has 0 aliphatic carbocycles. The molecule has 4 aromatic rings. The van der Waals surface area contributed by atoms with Crippen molar-refractivity contribution in [3.63, 3.8) is 0 Å². The average molecular weight is 507 g/mol. The van der Waals surface area contributed by atoms with Gasteiger partial charge in [-0.1, -0.05) is 0 Å². The molecule has 4 heterocycles. The maximum absolute atomic E-state index is 14.0. The fourth-order valence-corrected chi connectivity index (χ4v) is 5.88. The molecule has 37 heavy (non-hydrogen) atoms. The van der Waals surface area contributed by atoms with E-state index in [1.165, 1.54) is 12.1 Å². The SMILES string of the molecule is Cn1nc2c(c1-c1cc(F)cc(F)c1)C[C@H]1CCC[C@@H]2N1C(=O)c1ccc2nccc(OCCF)c2c1. The summed E-state index contributed by atoms with van der Waals surface area (Å²) in [6.07, 6.45) is 4.69. The van der Waals surface area contributed by atoms with Crippen molar-refractivity contribution in [2.75, 3.05) is 13.3 Å². The molecule has 0 N–H and O–H groups in total. The van der Waals surface area contributed by atoms with Gasteiger partial charge in [0.05, 0.1) is 22.9 Å². The van der Waals surface area contributed by atoms with E-state index >= 15 is 0 Å². The van der Waals surface area contributed by atoms with Crippen LogP contribution in [0.1, 0.15) is 46.9 Å². The van der Waals surface area contributed by atoms with Crippen molar-refractivity contribution in [2.24, 2.45) is 7.05 Å². The maximum atomic E-state index is 14.0. The molecule has 1 saturated heterocycles. The predicted octanol–water partition coefficient (Wildman–Crippen LogP) is 5.55. The molecular formula is C28H25F3N4O2. The number of hydrogen-bond acceptors (Lipinski definition) is 4. The topological polar surface area (TPSA) is 60.2 Å². The van der Waals surface area contributed by atoms with Crippen molar-refractivity contribution >= 4 is 16.8 Å². The van der Waals surface area contributed by atoms with Crippen molar-refractivity contribution in [2.45, 2.75) is 37.8 Å². The number of aryl methyl sites for hydroxylation is 1. The summed E-state index contributed by atoms with van der Waals surface area (Å²) >= 11 is 0. The Morgan fingerprint density at radius 1 is 1.11 bits per heavy atom. The number of carbonyl (C=O) groups excluding carboxylic acids is 1. The van der Waals surface area contributed by atoms with E-state index in [1.54, 1.807) is 42.2 Å². The van der Waals surface area contributed by atoms with Crippen LogP contribution in [0.25, 0.3) is 22.2 Å². The fraction of sp³-hybridized carbons (Fsp3) is 0.321. The molecule has 2 atom stereocenters. The Balaban J connectivity index is 1.39. The normalized spacial score (nSPS) is 18.6. The lowest BCUT2D eigenvalue weighted by Crippen LogP contribution is -2.49. The number of nitrogens with zero attached hydrogens (tertiary/aromatic N) is 4. The standard InChI is InChI=1S/C28H25F3N4O2/c1-34-27(17-11-18(30)14-19(31)12-17)22-15-20-3-2-4-24(26(22)33-34)35(20)28(36)16-5-6-23-21(13-16)25(7-9-32-23)37-10-8-29/h5-7,9,11-14,20,24H,2-4,8,10,15H2,1H3/t20-,24+/m1/s1. The first kappa shape index (κ1) is 23.5. The van der Waals surface area contributed by atoms with Gasteiger partial charge >= 0.3 is 0 Å². The Labute approximate surface area is 211 Å². The van der Waals surface area contributed by atoms with Crippen molar-refractivity contribution in [3.05, 3.63) is 77.1 Å². The molecule has 0 saturated carbocycles. The van der Waals surface area contributed by atoms with Gasteiger partial charge in [0.2, 0.25) is 0 Å². The smallest absolute Gasteiger partial charge is 0.254 e. The maximum Gasteiger partial charge on any atom is 0.254 e. The lowest BCUT2D eigenvalue weighted by atomic mass is 9.81. The van der Waals surface area contributed by atoms with E-state index in [2.05, 4.69) is 4.98 Å². The largest absolute Gasteiger partial charge is 0.490 e. The van der Waals surface area contributed by atoms with Crippen molar-refractivity contribution in [1.29, 1.82) is 0 Å². The van der Waals surface area contributed by atoms with Gasteiger partial charge in [0.25, 0.3) is 5.91 Å². The highest BCUT2D eigenvalue weighted by molar-refractivity contribution is 5.99. The third kappa shape index (κ3) is 4.02. The van der Waals surface area contributed by atoms with E-state index in [0.717, 1.165) is 36.6 Å². The number of amides is 1. The first-order valence-corrected chi connectivity index (χ1v) is 12.4. The zero-order chi connectivity index (χ0) is 25.7. The summed E-state index contributed by atoms with van der Waals surface area (Å²) in [4.78, 5) is 20.2. The van der Waals surface area contributed by atoms with Crippen LogP contribution in [-0.4, -0.2) is 44.9 Å². The van der Waals surface area contributed by atoms with Gasteiger partial charge in [0.1, 0.15) is 30.7 Å². The van der Waals surface area contributed by atoms with Gasteiger partial charge in [0.15, 0.2) is 0 Å². The molecule has 190 valence electrons. The number of alkyl halides is 1. The van der Waals surface area contributed by atoms with E-state index in [9.17, 15) is 18.0 Å². The first-order chi connectivity index (χ1) is 17.9. The van der Waals surface area contributed by atoms with Gasteiger partial charge < -0.3 is 9.64 Å². The number of fused-ring (bicyclic) bond motifs is 5. The second-order valence-corrected chi connectivity index (χ2v) is 9.59. The lowest BCUT2D eigenvalue weighted by molar-refractivity contribution is 0.0392. The lowest BCUT2D eigenvalue weighted by Gasteiger charge is -2.45. The summed E-state index contributed by atoms with van der Waals surface area (Å²) in [5.41, 5.74) is 4.00. The van der Waals surface area contributed by atoms with Crippen LogP contribution < -0.4 is 4.74 Å². The molecule has 2 aliphatic heterocycles. The van der Waals surface area contributed by atoms with Gasteiger partial charge in [-0.05, 0) is 62.1 Å². The number of aromatic nitrogens is 3. The van der Waals surface area contributed by atoms with Crippen LogP contribution in [-0.2, 0) is 13.5 Å². The summed E-state index contributed by atoms with van der Waals surface area (Å²) in [5, 5.41) is 5.39. The van der Waals surface area contributed by atoms with Crippen LogP contribution >= 0.6 is 0 Å². The first-order valence-electron chi connectivity index (χ1n) is 12.4. The second-order valence-electron chi connectivity index (χ2n) is 9.59. The average Bonchev–Trinajstić information content (AvgIpc) is 3.21. The molecule has 2 aromatic heterocycles. The van der Waals surface area contributed by atoms with Crippen LogP contribution in [0.2, 0.25) is 0 Å². The molecule has 2 aromatic carbocycles. The van der Waals surface area contributed by atoms with Crippen molar-refractivity contribution in [3.8, 4) is 17.0 Å². The molecular weight excluding hydrogens is 481 g/mol. The van der Waals surface area contributed by atoms with Gasteiger partial charge in [-0.2, -0.15) is 5.10 Å². The monoisotopic (exact) mass is 506 g/mol. The Hall–Kier alpha value is -3.88. The van der Waals surface area contributed by atoms with E-state index in [0.29, 0.717) is 39.9 Å². The molecule has 6 rings (SSSR count). The second kappa shape index (κ2) is 9.21. The number of pyridine rings is 1. The van der Waals surface area contributed by atoms with Gasteiger partial charge in [-0.3, -0.25) is 14.5 Å². The minimum atomic E-state index is -0.640. The minimum absolute atomic E-state index is 0.0630. The number of ether oxygens (including phenoxy) is 1. The molecule has 0 radical (unpaired) electrons. The summed E-state index contributed by atoms with van der Waals surface area (Å²) < 4.78 is 48.0. The minimum Gasteiger partial charge on any atom is -0.490 e. The highest BCUT2D eigenvalue weighted by atomic mass is 19.1. The number of benzene rings is 2.